The van der Waals surface area contributed by atoms with Crippen molar-refractivity contribution in [1.29, 1.82) is 0 Å². The van der Waals surface area contributed by atoms with E-state index in [0.29, 0.717) is 22.0 Å². The summed E-state index contributed by atoms with van der Waals surface area (Å²) in [5.74, 6) is -1.64. The van der Waals surface area contributed by atoms with Crippen LogP contribution in [0.5, 0.6) is 0 Å². The number of carboxylic acid groups (broad SMARTS) is 1. The van der Waals surface area contributed by atoms with Crippen molar-refractivity contribution in [3.63, 3.8) is 0 Å². The van der Waals surface area contributed by atoms with Gasteiger partial charge in [0.05, 0.1) is 38.8 Å². The Morgan fingerprint density at radius 2 is 1.48 bits per heavy atom. The van der Waals surface area contributed by atoms with Crippen molar-refractivity contribution in [2.75, 3.05) is 10.8 Å². The van der Waals surface area contributed by atoms with E-state index in [0.717, 1.165) is 30.3 Å². The standard InChI is InChI=1S/C25H21F6N5O6S2/c26-24(27,28)15-3-8-18(9-4-15)43(39,40)35-21(23-33-19-10-5-16(25(29,30)31)12-20(19)34-23)11-14-1-6-17(7-2-14)36(13-22(37)38)44(32,41)42/h1-10,12,21,35H,11,13H2,(H,33,34)(H,37,38)(H2,32,41,42)/t21-/m0/s1. The summed E-state index contributed by atoms with van der Waals surface area (Å²) in [6, 6.07) is 8.91. The van der Waals surface area contributed by atoms with Crippen LogP contribution in [0.3, 0.4) is 0 Å². The van der Waals surface area contributed by atoms with Crippen LogP contribution in [0.2, 0.25) is 0 Å². The highest BCUT2D eigenvalue weighted by atomic mass is 32.2. The maximum absolute atomic E-state index is 13.2. The Hall–Kier alpha value is -4.20. The normalized spacial score (nSPS) is 13.6. The van der Waals surface area contributed by atoms with Crippen LogP contribution in [0.25, 0.3) is 11.0 Å². The fourth-order valence-corrected chi connectivity index (χ4v) is 6.03. The number of imidazole rings is 1. The first-order valence-corrected chi connectivity index (χ1v) is 15.1. The predicted molar refractivity (Wildman–Crippen MR) is 144 cm³/mol. The minimum absolute atomic E-state index is 0.0551. The number of nitrogens with two attached hydrogens (primary N) is 1. The number of aromatic amines is 1. The molecule has 4 rings (SSSR count). The van der Waals surface area contributed by atoms with Gasteiger partial charge < -0.3 is 10.1 Å². The number of fused-ring (bicyclic) bond motifs is 1. The third-order valence-electron chi connectivity index (χ3n) is 6.20. The van der Waals surface area contributed by atoms with Crippen LogP contribution in [0.15, 0.2) is 71.6 Å². The summed E-state index contributed by atoms with van der Waals surface area (Å²) < 4.78 is 131. The lowest BCUT2D eigenvalue weighted by Crippen LogP contribution is -2.40. The topological polar surface area (TPSA) is 176 Å². The first kappa shape index (κ1) is 32.7. The van der Waals surface area contributed by atoms with Gasteiger partial charge >= 0.3 is 18.3 Å². The fraction of sp³-hybridized carbons (Fsp3) is 0.200. The molecule has 0 unspecified atom stereocenters. The quantitative estimate of drug-likeness (QED) is 0.186. The summed E-state index contributed by atoms with van der Waals surface area (Å²) in [4.78, 5) is 17.4. The molecule has 4 aromatic rings. The Labute approximate surface area is 245 Å². The van der Waals surface area contributed by atoms with Crippen molar-refractivity contribution in [3.05, 3.63) is 89.2 Å². The fourth-order valence-electron chi connectivity index (χ4n) is 4.13. The van der Waals surface area contributed by atoms with E-state index < -0.39 is 67.2 Å². The Morgan fingerprint density at radius 1 is 0.909 bits per heavy atom. The summed E-state index contributed by atoms with van der Waals surface area (Å²) in [5, 5.41) is 14.1. The zero-order valence-corrected chi connectivity index (χ0v) is 23.5. The van der Waals surface area contributed by atoms with E-state index >= 15 is 0 Å². The summed E-state index contributed by atoms with van der Waals surface area (Å²) in [5.41, 5.74) is -1.94. The number of halogens is 6. The second-order valence-electron chi connectivity index (χ2n) is 9.36. The van der Waals surface area contributed by atoms with Crippen LogP contribution in [-0.2, 0) is 43.8 Å². The molecule has 236 valence electrons. The Bertz CT molecular complexity index is 1890. The van der Waals surface area contributed by atoms with Crippen LogP contribution in [0.4, 0.5) is 32.0 Å². The molecule has 0 saturated carbocycles. The van der Waals surface area contributed by atoms with Crippen molar-refractivity contribution >= 4 is 42.9 Å². The van der Waals surface area contributed by atoms with E-state index in [4.69, 9.17) is 10.2 Å². The molecule has 0 aliphatic heterocycles. The number of H-pyrrole nitrogens is 1. The number of rotatable bonds is 10. The predicted octanol–water partition coefficient (Wildman–Crippen LogP) is 3.96. The van der Waals surface area contributed by atoms with E-state index in [1.165, 1.54) is 24.3 Å². The lowest BCUT2D eigenvalue weighted by Gasteiger charge is -2.21. The van der Waals surface area contributed by atoms with E-state index in [1.807, 2.05) is 0 Å². The number of benzene rings is 3. The number of sulfonamides is 1. The molecule has 0 bridgehead atoms. The first-order valence-electron chi connectivity index (χ1n) is 12.1. The number of nitrogens with one attached hydrogen (secondary N) is 2. The van der Waals surface area contributed by atoms with Gasteiger partial charge in [0.15, 0.2) is 0 Å². The van der Waals surface area contributed by atoms with Gasteiger partial charge in [-0.25, -0.2) is 27.6 Å². The molecule has 0 aliphatic carbocycles. The number of anilines is 1. The van der Waals surface area contributed by atoms with Crippen LogP contribution in [0.1, 0.15) is 28.6 Å². The van der Waals surface area contributed by atoms with Crippen molar-refractivity contribution in [1.82, 2.24) is 14.7 Å². The third-order valence-corrected chi connectivity index (χ3v) is 8.64. The molecule has 0 saturated heterocycles. The van der Waals surface area contributed by atoms with E-state index in [9.17, 15) is 48.0 Å². The summed E-state index contributed by atoms with van der Waals surface area (Å²) in [7, 11) is -9.03. The second kappa shape index (κ2) is 11.7. The molecule has 1 atom stereocenters. The third kappa shape index (κ3) is 7.65. The van der Waals surface area contributed by atoms with E-state index in [2.05, 4.69) is 14.7 Å². The number of alkyl halides is 6. The largest absolute Gasteiger partial charge is 0.480 e. The minimum atomic E-state index is -4.72. The van der Waals surface area contributed by atoms with Gasteiger partial charge in [-0.15, -0.1) is 0 Å². The number of aliphatic carboxylic acids is 1. The van der Waals surface area contributed by atoms with Gasteiger partial charge in [0.25, 0.3) is 10.2 Å². The molecule has 3 aromatic carbocycles. The molecular formula is C25H21F6N5O6S2. The van der Waals surface area contributed by atoms with Gasteiger partial charge in [0.1, 0.15) is 12.4 Å². The molecule has 0 aliphatic rings. The Morgan fingerprint density at radius 3 is 2.00 bits per heavy atom. The molecular weight excluding hydrogens is 644 g/mol. The maximum atomic E-state index is 13.2. The Kier molecular flexibility index (Phi) is 8.71. The lowest BCUT2D eigenvalue weighted by molar-refractivity contribution is -0.138. The summed E-state index contributed by atoms with van der Waals surface area (Å²) in [6.07, 6.45) is -9.66. The SMILES string of the molecule is NS(=O)(=O)N(CC(=O)O)c1ccc(C[C@H](NS(=O)(=O)c2ccc(C(F)(F)F)cc2)c2nc3ccc(C(F)(F)F)cc3[nH]2)cc1. The highest BCUT2D eigenvalue weighted by Gasteiger charge is 2.33. The van der Waals surface area contributed by atoms with Crippen molar-refractivity contribution in [2.24, 2.45) is 5.14 Å². The van der Waals surface area contributed by atoms with Crippen LogP contribution in [0, 0.1) is 0 Å². The minimum Gasteiger partial charge on any atom is -0.480 e. The second-order valence-corrected chi connectivity index (χ2v) is 12.5. The van der Waals surface area contributed by atoms with Crippen LogP contribution in [-0.4, -0.2) is 44.4 Å². The maximum Gasteiger partial charge on any atom is 0.416 e. The molecule has 1 aromatic heterocycles. The summed E-state index contributed by atoms with van der Waals surface area (Å²) in [6.45, 7) is -0.993. The highest BCUT2D eigenvalue weighted by Crippen LogP contribution is 2.33. The lowest BCUT2D eigenvalue weighted by atomic mass is 10.1. The molecule has 19 heteroatoms. The monoisotopic (exact) mass is 665 g/mol. The van der Waals surface area contributed by atoms with Gasteiger partial charge in [-0.05, 0) is 66.6 Å². The smallest absolute Gasteiger partial charge is 0.416 e. The number of aromatic nitrogens is 2. The van der Waals surface area contributed by atoms with Crippen molar-refractivity contribution in [3.8, 4) is 0 Å². The van der Waals surface area contributed by atoms with E-state index in [1.54, 1.807) is 0 Å². The molecule has 11 nitrogen and oxygen atoms in total. The zero-order chi connectivity index (χ0) is 32.7. The van der Waals surface area contributed by atoms with E-state index in [-0.39, 0.29) is 29.0 Å². The molecule has 5 N–H and O–H groups in total. The van der Waals surface area contributed by atoms with Gasteiger partial charge in [-0.1, -0.05) is 12.1 Å². The van der Waals surface area contributed by atoms with Gasteiger partial charge in [0.2, 0.25) is 10.0 Å². The number of carbonyl (C=O) groups is 1. The molecule has 0 radical (unpaired) electrons. The van der Waals surface area contributed by atoms with Crippen LogP contribution >= 0.6 is 0 Å². The molecule has 0 fully saturated rings. The zero-order valence-electron chi connectivity index (χ0n) is 21.9. The highest BCUT2D eigenvalue weighted by molar-refractivity contribution is 7.90. The van der Waals surface area contributed by atoms with Gasteiger partial charge in [-0.3, -0.25) is 4.79 Å². The number of nitrogens with zero attached hydrogens (tertiary/aromatic N) is 2. The van der Waals surface area contributed by atoms with Gasteiger partial charge in [0, 0.05) is 0 Å². The first-order chi connectivity index (χ1) is 20.2. The molecule has 0 amide bonds. The average molecular weight is 666 g/mol. The molecule has 0 spiro atoms. The number of carboxylic acids is 1. The van der Waals surface area contributed by atoms with Crippen LogP contribution < -0.4 is 14.2 Å². The average Bonchev–Trinajstić information content (AvgIpc) is 3.34. The number of hydrogen-bond acceptors (Lipinski definition) is 6. The van der Waals surface area contributed by atoms with Crippen molar-refractivity contribution < 1.29 is 53.1 Å². The van der Waals surface area contributed by atoms with Crippen molar-refractivity contribution in [2.45, 2.75) is 29.7 Å². The summed E-state index contributed by atoms with van der Waals surface area (Å²) >= 11 is 0. The molecule has 1 heterocycles. The molecule has 44 heavy (non-hydrogen) atoms. The number of hydrogen-bond donors (Lipinski definition) is 4. The Balaban J connectivity index is 1.72. The van der Waals surface area contributed by atoms with Gasteiger partial charge in [-0.2, -0.15) is 34.8 Å².